The molecule has 0 radical (unpaired) electrons. The van der Waals surface area contributed by atoms with Crippen molar-refractivity contribution in [2.75, 3.05) is 5.73 Å². The second-order valence-corrected chi connectivity index (χ2v) is 8.15. The second-order valence-electron chi connectivity index (χ2n) is 6.14. The highest BCUT2D eigenvalue weighted by Crippen LogP contribution is 2.39. The minimum atomic E-state index is -1.74. The Kier molecular flexibility index (Phi) is 6.41. The molecule has 150 valence electrons. The van der Waals surface area contributed by atoms with E-state index in [2.05, 4.69) is 20.9 Å². The van der Waals surface area contributed by atoms with Crippen LogP contribution in [0.25, 0.3) is 11.1 Å². The molecule has 1 aromatic carbocycles. The summed E-state index contributed by atoms with van der Waals surface area (Å²) in [7, 11) is 0. The Bertz CT molecular complexity index is 1010. The lowest BCUT2D eigenvalue weighted by atomic mass is 9.97. The number of aromatic nitrogens is 1. The van der Waals surface area contributed by atoms with Crippen molar-refractivity contribution in [3.8, 4) is 23.3 Å². The lowest BCUT2D eigenvalue weighted by Crippen LogP contribution is -2.56. The van der Waals surface area contributed by atoms with Crippen LogP contribution in [0.1, 0.15) is 11.1 Å². The maximum Gasteiger partial charge on any atom is 0.185 e. The van der Waals surface area contributed by atoms with Gasteiger partial charge in [0.1, 0.15) is 52.3 Å². The monoisotopic (exact) mass is 478 g/mol. The van der Waals surface area contributed by atoms with Crippen LogP contribution in [0.5, 0.6) is 0 Å². The van der Waals surface area contributed by atoms with Gasteiger partial charge in [-0.1, -0.05) is 39.8 Å². The smallest absolute Gasteiger partial charge is 0.185 e. The topological polar surface area (TPSA) is 177 Å². The van der Waals surface area contributed by atoms with Crippen molar-refractivity contribution in [2.45, 2.75) is 35.1 Å². The number of nitrogen functional groups attached to an aromatic ring is 1. The zero-order valence-corrected chi connectivity index (χ0v) is 17.0. The standard InChI is InChI=1S/C18H15BrN4O5S/c19-8-3-1-7(2-4-8)11-9(5-20)15(22)23-16(10(11)6-21)29-18-14(26)12(24)13(25)17(27)28-18/h1-4,12-14,17-18,24-27H,(H2,22,23)/t12-,13-,14+,17-,18-/m0/s1. The zero-order chi connectivity index (χ0) is 21.3. The van der Waals surface area contributed by atoms with Crippen molar-refractivity contribution in [3.05, 3.63) is 39.9 Å². The van der Waals surface area contributed by atoms with E-state index in [0.29, 0.717) is 5.56 Å². The molecule has 1 fully saturated rings. The largest absolute Gasteiger partial charge is 0.387 e. The zero-order valence-electron chi connectivity index (χ0n) is 14.6. The summed E-state index contributed by atoms with van der Waals surface area (Å²) in [6, 6.07) is 10.8. The second kappa shape index (κ2) is 8.65. The number of halogens is 1. The molecular weight excluding hydrogens is 464 g/mol. The first-order valence-corrected chi connectivity index (χ1v) is 9.89. The predicted molar refractivity (Wildman–Crippen MR) is 106 cm³/mol. The summed E-state index contributed by atoms with van der Waals surface area (Å²) in [6.07, 6.45) is -6.66. The summed E-state index contributed by atoms with van der Waals surface area (Å²) in [5.74, 6) is -0.127. The average Bonchev–Trinajstić information content (AvgIpc) is 2.70. The molecule has 11 heteroatoms. The molecule has 1 aliphatic heterocycles. The molecule has 0 aliphatic carbocycles. The molecule has 29 heavy (non-hydrogen) atoms. The van der Waals surface area contributed by atoms with E-state index in [1.807, 2.05) is 12.1 Å². The van der Waals surface area contributed by atoms with E-state index in [1.54, 1.807) is 24.3 Å². The molecule has 1 aromatic heterocycles. The first kappa shape index (κ1) is 21.5. The van der Waals surface area contributed by atoms with Crippen molar-refractivity contribution < 1.29 is 25.2 Å². The average molecular weight is 479 g/mol. The van der Waals surface area contributed by atoms with Crippen LogP contribution in [-0.4, -0.2) is 55.4 Å². The lowest BCUT2D eigenvalue weighted by molar-refractivity contribution is -0.261. The molecule has 0 saturated carbocycles. The van der Waals surface area contributed by atoms with E-state index < -0.39 is 30.0 Å². The number of anilines is 1. The van der Waals surface area contributed by atoms with Gasteiger partial charge in [-0.05, 0) is 17.7 Å². The first-order chi connectivity index (χ1) is 13.8. The SMILES string of the molecule is N#Cc1c(N)nc(S[C@@H]2O[C@H](O)[C@@H](O)[C@H](O)[C@H]2O)c(C#N)c1-c1ccc(Br)cc1. The summed E-state index contributed by atoms with van der Waals surface area (Å²) < 4.78 is 5.94. The van der Waals surface area contributed by atoms with Gasteiger partial charge in [-0.3, -0.25) is 0 Å². The van der Waals surface area contributed by atoms with Crippen LogP contribution in [0.15, 0.2) is 33.8 Å². The lowest BCUT2D eigenvalue weighted by Gasteiger charge is -2.37. The number of nitriles is 2. The van der Waals surface area contributed by atoms with Crippen LogP contribution in [0, 0.1) is 22.7 Å². The van der Waals surface area contributed by atoms with Gasteiger partial charge in [0.2, 0.25) is 0 Å². The third-order valence-corrected chi connectivity index (χ3v) is 5.99. The molecule has 2 heterocycles. The number of thioether (sulfide) groups is 1. The van der Waals surface area contributed by atoms with Crippen molar-refractivity contribution >= 4 is 33.5 Å². The molecule has 0 bridgehead atoms. The number of nitrogens with two attached hydrogens (primary N) is 1. The summed E-state index contributed by atoms with van der Waals surface area (Å²) in [6.45, 7) is 0. The number of aliphatic hydroxyl groups is 4. The molecule has 1 aliphatic rings. The number of nitrogens with zero attached hydrogens (tertiary/aromatic N) is 3. The fourth-order valence-corrected chi connectivity index (χ4v) is 4.20. The normalized spacial score (nSPS) is 26.5. The highest BCUT2D eigenvalue weighted by Gasteiger charge is 2.44. The predicted octanol–water partition coefficient (Wildman–Crippen LogP) is 0.686. The van der Waals surface area contributed by atoms with E-state index in [0.717, 1.165) is 16.2 Å². The fourth-order valence-electron chi connectivity index (χ4n) is 2.83. The van der Waals surface area contributed by atoms with E-state index in [1.165, 1.54) is 0 Å². The van der Waals surface area contributed by atoms with Gasteiger partial charge in [0.15, 0.2) is 6.29 Å². The Morgan fingerprint density at radius 2 is 1.62 bits per heavy atom. The molecule has 2 aromatic rings. The van der Waals surface area contributed by atoms with Gasteiger partial charge >= 0.3 is 0 Å². The van der Waals surface area contributed by atoms with Crippen LogP contribution in [-0.2, 0) is 4.74 Å². The Balaban J connectivity index is 2.10. The van der Waals surface area contributed by atoms with Gasteiger partial charge in [-0.15, -0.1) is 0 Å². The highest BCUT2D eigenvalue weighted by atomic mass is 79.9. The summed E-state index contributed by atoms with van der Waals surface area (Å²) >= 11 is 4.07. The van der Waals surface area contributed by atoms with Gasteiger partial charge in [0.05, 0.1) is 5.56 Å². The Morgan fingerprint density at radius 3 is 2.21 bits per heavy atom. The molecule has 1 saturated heterocycles. The quantitative estimate of drug-likeness (QED) is 0.421. The van der Waals surface area contributed by atoms with Gasteiger partial charge < -0.3 is 30.9 Å². The summed E-state index contributed by atoms with van der Waals surface area (Å²) in [5, 5.41) is 58.7. The molecule has 6 N–H and O–H groups in total. The van der Waals surface area contributed by atoms with Crippen molar-refractivity contribution in [1.29, 1.82) is 10.5 Å². The number of hydrogen-bond donors (Lipinski definition) is 5. The third kappa shape index (κ3) is 4.08. The third-order valence-electron chi connectivity index (χ3n) is 4.32. The van der Waals surface area contributed by atoms with E-state index in [4.69, 9.17) is 10.5 Å². The number of ether oxygens (including phenoxy) is 1. The Morgan fingerprint density at radius 1 is 1.00 bits per heavy atom. The first-order valence-electron chi connectivity index (χ1n) is 8.22. The van der Waals surface area contributed by atoms with E-state index >= 15 is 0 Å². The number of hydrogen-bond acceptors (Lipinski definition) is 10. The van der Waals surface area contributed by atoms with E-state index in [9.17, 15) is 30.9 Å². The van der Waals surface area contributed by atoms with Crippen LogP contribution >= 0.6 is 27.7 Å². The van der Waals surface area contributed by atoms with Crippen molar-refractivity contribution in [2.24, 2.45) is 0 Å². The summed E-state index contributed by atoms with van der Waals surface area (Å²) in [4.78, 5) is 4.09. The van der Waals surface area contributed by atoms with Gasteiger partial charge in [0, 0.05) is 10.0 Å². The minimum absolute atomic E-state index is 0.0221. The number of aliphatic hydroxyl groups excluding tert-OH is 4. The van der Waals surface area contributed by atoms with Gasteiger partial charge in [-0.2, -0.15) is 10.5 Å². The maximum absolute atomic E-state index is 10.2. The van der Waals surface area contributed by atoms with Crippen molar-refractivity contribution in [1.82, 2.24) is 4.98 Å². The van der Waals surface area contributed by atoms with Crippen LogP contribution in [0.2, 0.25) is 0 Å². The van der Waals surface area contributed by atoms with Crippen LogP contribution in [0.3, 0.4) is 0 Å². The number of benzene rings is 1. The molecular formula is C18H15BrN4O5S. The Hall–Kier alpha value is -2.22. The van der Waals surface area contributed by atoms with Crippen LogP contribution < -0.4 is 5.73 Å². The summed E-state index contributed by atoms with van der Waals surface area (Å²) in [5.41, 5.74) is 5.56. The molecule has 3 rings (SSSR count). The molecule has 0 spiro atoms. The Labute approximate surface area is 178 Å². The molecule has 9 nitrogen and oxygen atoms in total. The number of pyridine rings is 1. The van der Waals surface area contributed by atoms with Gasteiger partial charge in [0.25, 0.3) is 0 Å². The van der Waals surface area contributed by atoms with E-state index in [-0.39, 0.29) is 27.5 Å². The maximum atomic E-state index is 10.2. The van der Waals surface area contributed by atoms with Crippen LogP contribution in [0.4, 0.5) is 5.82 Å². The minimum Gasteiger partial charge on any atom is -0.387 e. The number of rotatable bonds is 3. The molecule has 5 atom stereocenters. The van der Waals surface area contributed by atoms with Crippen molar-refractivity contribution in [3.63, 3.8) is 0 Å². The molecule has 0 unspecified atom stereocenters. The highest BCUT2D eigenvalue weighted by molar-refractivity contribution is 9.10. The fraction of sp³-hybridized carbons (Fsp3) is 0.278. The molecule has 0 amide bonds. The van der Waals surface area contributed by atoms with Gasteiger partial charge in [-0.25, -0.2) is 4.98 Å².